The quantitative estimate of drug-likeness (QED) is 0.886. The second-order valence-corrected chi connectivity index (χ2v) is 4.74. The zero-order valence-electron chi connectivity index (χ0n) is 10.9. The Kier molecular flexibility index (Phi) is 4.99. The third-order valence-electron chi connectivity index (χ3n) is 2.30. The van der Waals surface area contributed by atoms with Gasteiger partial charge in [-0.1, -0.05) is 23.5 Å². The normalized spacial score (nSPS) is 10.5. The number of halogens is 2. The predicted molar refractivity (Wildman–Crippen MR) is 72.0 cm³/mol. The first-order valence-electron chi connectivity index (χ1n) is 5.77. The Morgan fingerprint density at radius 2 is 2.05 bits per heavy atom. The molecule has 0 saturated heterocycles. The molecule has 0 atom stereocenters. The number of rotatable bonds is 6. The maximum atomic E-state index is 12.3. The average Bonchev–Trinajstić information content (AvgIpc) is 2.94. The highest BCUT2D eigenvalue weighted by Crippen LogP contribution is 2.26. The van der Waals surface area contributed by atoms with Gasteiger partial charge in [-0.2, -0.15) is 0 Å². The fraction of sp³-hybridized carbons (Fsp3) is 0.250. The molecule has 0 bridgehead atoms. The standard InChI is InChI=1S/C12H11F2N3O3S/c1-19-7-4-2-3-5-8(7)20-6-9(18)15-12-17-16-11(21-12)10(13)14/h2-5,10H,6H2,1H3,(H,15,17,18). The molecule has 21 heavy (non-hydrogen) atoms. The summed E-state index contributed by atoms with van der Waals surface area (Å²) >= 11 is 0.614. The predicted octanol–water partition coefficient (Wildman–Crippen LogP) is 2.50. The minimum absolute atomic E-state index is 0.000994. The van der Waals surface area contributed by atoms with E-state index in [0.717, 1.165) is 0 Å². The van der Waals surface area contributed by atoms with E-state index < -0.39 is 17.3 Å². The van der Waals surface area contributed by atoms with Crippen LogP contribution in [0.1, 0.15) is 11.4 Å². The Balaban J connectivity index is 1.89. The maximum absolute atomic E-state index is 12.3. The number of carbonyl (C=O) groups excluding carboxylic acids is 1. The molecule has 0 spiro atoms. The van der Waals surface area contributed by atoms with E-state index >= 15 is 0 Å². The number of para-hydroxylation sites is 2. The number of aromatic nitrogens is 2. The number of anilines is 1. The van der Waals surface area contributed by atoms with E-state index in [1.165, 1.54) is 7.11 Å². The molecule has 9 heteroatoms. The van der Waals surface area contributed by atoms with Crippen molar-refractivity contribution in [2.45, 2.75) is 6.43 Å². The van der Waals surface area contributed by atoms with E-state index in [0.29, 0.717) is 22.8 Å². The summed E-state index contributed by atoms with van der Waals surface area (Å²) in [4.78, 5) is 11.6. The van der Waals surface area contributed by atoms with Crippen molar-refractivity contribution in [3.63, 3.8) is 0 Å². The Morgan fingerprint density at radius 1 is 1.33 bits per heavy atom. The number of amides is 1. The van der Waals surface area contributed by atoms with Crippen molar-refractivity contribution in [2.24, 2.45) is 0 Å². The summed E-state index contributed by atoms with van der Waals surface area (Å²) < 4.78 is 35.0. The third kappa shape index (κ3) is 4.09. The molecule has 6 nitrogen and oxygen atoms in total. The van der Waals surface area contributed by atoms with Crippen molar-refractivity contribution < 1.29 is 23.0 Å². The van der Waals surface area contributed by atoms with E-state index in [4.69, 9.17) is 9.47 Å². The number of hydrogen-bond donors (Lipinski definition) is 1. The van der Waals surface area contributed by atoms with Crippen molar-refractivity contribution >= 4 is 22.4 Å². The van der Waals surface area contributed by atoms with E-state index in [-0.39, 0.29) is 11.7 Å². The van der Waals surface area contributed by atoms with Crippen LogP contribution in [0, 0.1) is 0 Å². The van der Waals surface area contributed by atoms with Gasteiger partial charge in [0.1, 0.15) is 0 Å². The number of nitrogens with one attached hydrogen (secondary N) is 1. The second-order valence-electron chi connectivity index (χ2n) is 3.73. The Bertz CT molecular complexity index is 621. The van der Waals surface area contributed by atoms with Crippen LogP contribution in [0.5, 0.6) is 11.5 Å². The summed E-state index contributed by atoms with van der Waals surface area (Å²) in [6, 6.07) is 6.83. The van der Waals surface area contributed by atoms with E-state index in [1.54, 1.807) is 24.3 Å². The largest absolute Gasteiger partial charge is 0.493 e. The van der Waals surface area contributed by atoms with Gasteiger partial charge in [0.2, 0.25) is 5.13 Å². The van der Waals surface area contributed by atoms with Crippen LogP contribution < -0.4 is 14.8 Å². The van der Waals surface area contributed by atoms with Gasteiger partial charge in [-0.15, -0.1) is 10.2 Å². The van der Waals surface area contributed by atoms with Gasteiger partial charge in [0.25, 0.3) is 12.3 Å². The van der Waals surface area contributed by atoms with Gasteiger partial charge in [0.15, 0.2) is 23.1 Å². The molecule has 2 aromatic rings. The summed E-state index contributed by atoms with van der Waals surface area (Å²) in [5.74, 6) is 0.361. The maximum Gasteiger partial charge on any atom is 0.291 e. The first-order valence-corrected chi connectivity index (χ1v) is 6.59. The zero-order valence-corrected chi connectivity index (χ0v) is 11.7. The molecule has 1 aromatic heterocycles. The molecule has 112 valence electrons. The van der Waals surface area contributed by atoms with Gasteiger partial charge >= 0.3 is 0 Å². The van der Waals surface area contributed by atoms with Crippen LogP contribution in [0.2, 0.25) is 0 Å². The molecule has 0 saturated carbocycles. The SMILES string of the molecule is COc1ccccc1OCC(=O)Nc1nnc(C(F)F)s1. The van der Waals surface area contributed by atoms with Crippen LogP contribution in [0.3, 0.4) is 0 Å². The van der Waals surface area contributed by atoms with Crippen LogP contribution >= 0.6 is 11.3 Å². The van der Waals surface area contributed by atoms with Crippen molar-refractivity contribution in [3.05, 3.63) is 29.3 Å². The van der Waals surface area contributed by atoms with Gasteiger partial charge in [-0.3, -0.25) is 10.1 Å². The molecule has 0 aliphatic heterocycles. The summed E-state index contributed by atoms with van der Waals surface area (Å²) in [7, 11) is 1.48. The van der Waals surface area contributed by atoms with Crippen molar-refractivity contribution in [2.75, 3.05) is 19.0 Å². The minimum Gasteiger partial charge on any atom is -0.493 e. The third-order valence-corrected chi connectivity index (χ3v) is 3.15. The monoisotopic (exact) mass is 315 g/mol. The fourth-order valence-electron chi connectivity index (χ4n) is 1.41. The van der Waals surface area contributed by atoms with Crippen LogP contribution in [0.25, 0.3) is 0 Å². The number of nitrogens with zero attached hydrogens (tertiary/aromatic N) is 2. The molecule has 0 aliphatic carbocycles. The molecular formula is C12H11F2N3O3S. The number of hydrogen-bond acceptors (Lipinski definition) is 6. The molecule has 0 unspecified atom stereocenters. The number of ether oxygens (including phenoxy) is 2. The number of benzene rings is 1. The topological polar surface area (TPSA) is 73.3 Å². The summed E-state index contributed by atoms with van der Waals surface area (Å²) in [5.41, 5.74) is 0. The van der Waals surface area contributed by atoms with Gasteiger partial charge in [0, 0.05) is 0 Å². The lowest BCUT2D eigenvalue weighted by molar-refractivity contribution is -0.118. The number of carbonyl (C=O) groups is 1. The summed E-state index contributed by atoms with van der Waals surface area (Å²) in [5, 5.41) is 8.58. The molecule has 1 amide bonds. The first kappa shape index (κ1) is 15.1. The van der Waals surface area contributed by atoms with E-state index in [9.17, 15) is 13.6 Å². The second kappa shape index (κ2) is 6.93. The highest BCUT2D eigenvalue weighted by Gasteiger charge is 2.15. The molecule has 1 heterocycles. The highest BCUT2D eigenvalue weighted by atomic mass is 32.1. The lowest BCUT2D eigenvalue weighted by atomic mass is 10.3. The van der Waals surface area contributed by atoms with Gasteiger partial charge < -0.3 is 9.47 Å². The number of methoxy groups -OCH3 is 1. The zero-order chi connectivity index (χ0) is 15.2. The minimum atomic E-state index is -2.71. The molecular weight excluding hydrogens is 304 g/mol. The summed E-state index contributed by atoms with van der Waals surface area (Å²) in [6.45, 7) is -0.302. The molecule has 0 aliphatic rings. The molecule has 0 radical (unpaired) electrons. The molecule has 2 rings (SSSR count). The van der Waals surface area contributed by atoms with Gasteiger partial charge in [-0.25, -0.2) is 8.78 Å². The smallest absolute Gasteiger partial charge is 0.291 e. The van der Waals surface area contributed by atoms with Gasteiger partial charge in [0.05, 0.1) is 7.11 Å². The van der Waals surface area contributed by atoms with Crippen molar-refractivity contribution in [1.82, 2.24) is 10.2 Å². The average molecular weight is 315 g/mol. The van der Waals surface area contributed by atoms with Gasteiger partial charge in [-0.05, 0) is 12.1 Å². The van der Waals surface area contributed by atoms with Crippen LogP contribution in [0.4, 0.5) is 13.9 Å². The number of alkyl halides is 2. The molecule has 1 N–H and O–H groups in total. The van der Waals surface area contributed by atoms with Crippen molar-refractivity contribution in [1.29, 1.82) is 0 Å². The molecule has 0 fully saturated rings. The fourth-order valence-corrected chi connectivity index (χ4v) is 2.03. The lowest BCUT2D eigenvalue weighted by Gasteiger charge is -2.09. The van der Waals surface area contributed by atoms with E-state index in [2.05, 4.69) is 15.5 Å². The Morgan fingerprint density at radius 3 is 2.67 bits per heavy atom. The van der Waals surface area contributed by atoms with Crippen LogP contribution in [0.15, 0.2) is 24.3 Å². The molecule has 1 aromatic carbocycles. The summed E-state index contributed by atoms with van der Waals surface area (Å²) in [6.07, 6.45) is -2.71. The Hall–Kier alpha value is -2.29. The Labute approximate surface area is 122 Å². The highest BCUT2D eigenvalue weighted by molar-refractivity contribution is 7.15. The first-order chi connectivity index (χ1) is 10.1. The van der Waals surface area contributed by atoms with Crippen LogP contribution in [-0.4, -0.2) is 29.8 Å². The lowest BCUT2D eigenvalue weighted by Crippen LogP contribution is -2.20. The van der Waals surface area contributed by atoms with E-state index in [1.807, 2.05) is 0 Å². The van der Waals surface area contributed by atoms with Crippen LogP contribution in [-0.2, 0) is 4.79 Å². The van der Waals surface area contributed by atoms with Crippen molar-refractivity contribution in [3.8, 4) is 11.5 Å².